The van der Waals surface area contributed by atoms with Gasteiger partial charge >= 0.3 is 0 Å². The zero-order valence-electron chi connectivity index (χ0n) is 12.0. The van der Waals surface area contributed by atoms with E-state index < -0.39 is 0 Å². The summed E-state index contributed by atoms with van der Waals surface area (Å²) in [4.78, 5) is 20.7. The smallest absolute Gasteiger partial charge is 0.258 e. The molecule has 0 radical (unpaired) electrons. The molecular formula is C14H19N3O3S. The predicted molar refractivity (Wildman–Crippen MR) is 80.7 cm³/mol. The number of thiazole rings is 1. The highest BCUT2D eigenvalue weighted by Crippen LogP contribution is 2.14. The van der Waals surface area contributed by atoms with Crippen LogP contribution in [0.1, 0.15) is 10.6 Å². The summed E-state index contributed by atoms with van der Waals surface area (Å²) in [7, 11) is 0. The van der Waals surface area contributed by atoms with Crippen molar-refractivity contribution in [3.05, 3.63) is 33.2 Å². The zero-order valence-corrected chi connectivity index (χ0v) is 12.8. The van der Waals surface area contributed by atoms with Gasteiger partial charge in [0.1, 0.15) is 0 Å². The molecule has 3 rings (SSSR count). The van der Waals surface area contributed by atoms with E-state index in [1.807, 2.05) is 13.1 Å². The van der Waals surface area contributed by atoms with Crippen LogP contribution in [0.25, 0.3) is 4.96 Å². The lowest BCUT2D eigenvalue weighted by Gasteiger charge is -2.21. The van der Waals surface area contributed by atoms with Gasteiger partial charge in [-0.05, 0) is 6.92 Å². The van der Waals surface area contributed by atoms with Crippen LogP contribution in [0.15, 0.2) is 17.1 Å². The van der Waals surface area contributed by atoms with E-state index in [4.69, 9.17) is 4.74 Å². The first-order chi connectivity index (χ1) is 10.2. The molecule has 1 aliphatic rings. The van der Waals surface area contributed by atoms with E-state index >= 15 is 0 Å². The minimum Gasteiger partial charge on any atom is -0.396 e. The van der Waals surface area contributed by atoms with Crippen LogP contribution < -0.4 is 5.56 Å². The van der Waals surface area contributed by atoms with Crippen LogP contribution in [0, 0.1) is 12.8 Å². The van der Waals surface area contributed by atoms with Gasteiger partial charge in [-0.1, -0.05) is 0 Å². The molecule has 1 saturated heterocycles. The van der Waals surface area contributed by atoms with Crippen molar-refractivity contribution >= 4 is 16.3 Å². The van der Waals surface area contributed by atoms with Gasteiger partial charge in [0.2, 0.25) is 0 Å². The highest BCUT2D eigenvalue weighted by Gasteiger charge is 2.19. The second kappa shape index (κ2) is 6.23. The molecule has 0 aromatic carbocycles. The molecule has 1 fully saturated rings. The molecule has 114 valence electrons. The molecule has 1 aliphatic heterocycles. The molecule has 7 heteroatoms. The maximum Gasteiger partial charge on any atom is 0.258 e. The number of hydrogen-bond acceptors (Lipinski definition) is 6. The van der Waals surface area contributed by atoms with Gasteiger partial charge in [-0.25, -0.2) is 4.98 Å². The molecule has 0 bridgehead atoms. The van der Waals surface area contributed by atoms with Crippen LogP contribution in [0.2, 0.25) is 0 Å². The topological polar surface area (TPSA) is 67.1 Å². The molecule has 2 aromatic rings. The van der Waals surface area contributed by atoms with Crippen molar-refractivity contribution < 1.29 is 9.84 Å². The van der Waals surface area contributed by atoms with Crippen LogP contribution >= 0.6 is 11.3 Å². The van der Waals surface area contributed by atoms with Crippen LogP contribution in [0.5, 0.6) is 0 Å². The quantitative estimate of drug-likeness (QED) is 0.894. The Morgan fingerprint density at radius 3 is 3.24 bits per heavy atom. The van der Waals surface area contributed by atoms with E-state index in [-0.39, 0.29) is 18.1 Å². The first kappa shape index (κ1) is 14.6. The molecule has 0 spiro atoms. The summed E-state index contributed by atoms with van der Waals surface area (Å²) in [5.74, 6) is 0.126. The second-order valence-corrected chi connectivity index (χ2v) is 6.65. The molecule has 6 nitrogen and oxygen atoms in total. The Bertz CT molecular complexity index is 682. The molecule has 0 saturated carbocycles. The Morgan fingerprint density at radius 1 is 1.57 bits per heavy atom. The van der Waals surface area contributed by atoms with E-state index in [0.29, 0.717) is 19.8 Å². The average Bonchev–Trinajstić information content (AvgIpc) is 2.69. The number of aryl methyl sites for hydroxylation is 1. The monoisotopic (exact) mass is 309 g/mol. The van der Waals surface area contributed by atoms with Crippen LogP contribution in [0.4, 0.5) is 0 Å². The van der Waals surface area contributed by atoms with E-state index in [1.165, 1.54) is 11.3 Å². The van der Waals surface area contributed by atoms with Gasteiger partial charge in [-0.2, -0.15) is 0 Å². The largest absolute Gasteiger partial charge is 0.396 e. The lowest BCUT2D eigenvalue weighted by Crippen LogP contribution is -2.31. The molecule has 21 heavy (non-hydrogen) atoms. The van der Waals surface area contributed by atoms with Crippen LogP contribution in [-0.4, -0.2) is 52.3 Å². The number of nitrogens with zero attached hydrogens (tertiary/aromatic N) is 3. The molecule has 2 aromatic heterocycles. The highest BCUT2D eigenvalue weighted by atomic mass is 32.1. The van der Waals surface area contributed by atoms with Crippen molar-refractivity contribution in [2.45, 2.75) is 13.5 Å². The maximum absolute atomic E-state index is 12.1. The average molecular weight is 309 g/mol. The summed E-state index contributed by atoms with van der Waals surface area (Å²) in [6, 6.07) is 1.60. The number of ether oxygens (including phenoxy) is 1. The fraction of sp³-hybridized carbons (Fsp3) is 0.571. The van der Waals surface area contributed by atoms with Crippen LogP contribution in [-0.2, 0) is 11.3 Å². The third kappa shape index (κ3) is 3.32. The SMILES string of the molecule is Cc1cn2c(=O)cc(CN3CCOCC(CO)C3)nc2s1. The summed E-state index contributed by atoms with van der Waals surface area (Å²) in [5, 5.41) is 9.31. The molecule has 0 amide bonds. The van der Waals surface area contributed by atoms with Crippen molar-refractivity contribution in [3.8, 4) is 0 Å². The summed E-state index contributed by atoms with van der Waals surface area (Å²) >= 11 is 1.52. The maximum atomic E-state index is 12.1. The third-order valence-corrected chi connectivity index (χ3v) is 4.50. The normalized spacial score (nSPS) is 20.8. The summed E-state index contributed by atoms with van der Waals surface area (Å²) in [6.07, 6.45) is 1.82. The molecule has 1 N–H and O–H groups in total. The Hall–Kier alpha value is -1.28. The summed E-state index contributed by atoms with van der Waals surface area (Å²) in [5.41, 5.74) is 0.740. The molecule has 1 unspecified atom stereocenters. The minimum atomic E-state index is -0.0378. The number of fused-ring (bicyclic) bond motifs is 1. The fourth-order valence-electron chi connectivity index (χ4n) is 2.58. The lowest BCUT2D eigenvalue weighted by molar-refractivity contribution is 0.0958. The first-order valence-corrected chi connectivity index (χ1v) is 7.87. The fourth-order valence-corrected chi connectivity index (χ4v) is 3.43. The van der Waals surface area contributed by atoms with Gasteiger partial charge in [0.05, 0.1) is 18.9 Å². The van der Waals surface area contributed by atoms with E-state index in [0.717, 1.165) is 28.6 Å². The number of rotatable bonds is 3. The molecule has 3 heterocycles. The number of aliphatic hydroxyl groups excluding tert-OH is 1. The minimum absolute atomic E-state index is 0.0378. The Morgan fingerprint density at radius 2 is 2.43 bits per heavy atom. The standard InChI is InChI=1S/C14H19N3O3S/c1-10-5-17-13(19)4-12(15-14(17)21-10)7-16-2-3-20-9-11(6-16)8-18/h4-5,11,18H,2-3,6-9H2,1H3. The number of hydrogen-bond donors (Lipinski definition) is 1. The van der Waals surface area contributed by atoms with Gasteiger partial charge in [0.25, 0.3) is 5.56 Å². The van der Waals surface area contributed by atoms with Crippen molar-refractivity contribution in [1.29, 1.82) is 0 Å². The van der Waals surface area contributed by atoms with Gasteiger partial charge in [-0.3, -0.25) is 14.1 Å². The van der Waals surface area contributed by atoms with E-state index in [9.17, 15) is 9.90 Å². The van der Waals surface area contributed by atoms with Gasteiger partial charge in [0.15, 0.2) is 4.96 Å². The number of aromatic nitrogens is 2. The Labute approximate surface area is 126 Å². The van der Waals surface area contributed by atoms with Crippen molar-refractivity contribution in [1.82, 2.24) is 14.3 Å². The third-order valence-electron chi connectivity index (χ3n) is 3.60. The molecular weight excluding hydrogens is 290 g/mol. The first-order valence-electron chi connectivity index (χ1n) is 7.05. The summed E-state index contributed by atoms with van der Waals surface area (Å²) < 4.78 is 7.07. The zero-order chi connectivity index (χ0) is 14.8. The molecule has 0 aliphatic carbocycles. The van der Waals surface area contributed by atoms with Crippen molar-refractivity contribution in [2.75, 3.05) is 32.9 Å². The number of aliphatic hydroxyl groups is 1. The van der Waals surface area contributed by atoms with E-state index in [1.54, 1.807) is 10.5 Å². The van der Waals surface area contributed by atoms with E-state index in [2.05, 4.69) is 9.88 Å². The van der Waals surface area contributed by atoms with Gasteiger partial charge in [-0.15, -0.1) is 11.3 Å². The Balaban J connectivity index is 1.82. The predicted octanol–water partition coefficient (Wildman–Crippen LogP) is 0.505. The second-order valence-electron chi connectivity index (χ2n) is 5.44. The van der Waals surface area contributed by atoms with Gasteiger partial charge < -0.3 is 9.84 Å². The molecule has 1 atom stereocenters. The van der Waals surface area contributed by atoms with Crippen LogP contribution in [0.3, 0.4) is 0 Å². The van der Waals surface area contributed by atoms with Crippen molar-refractivity contribution in [2.24, 2.45) is 5.92 Å². The van der Waals surface area contributed by atoms with Crippen molar-refractivity contribution in [3.63, 3.8) is 0 Å². The Kier molecular flexibility index (Phi) is 4.34. The summed E-state index contributed by atoms with van der Waals surface area (Å²) in [6.45, 7) is 5.50. The lowest BCUT2D eigenvalue weighted by atomic mass is 10.1. The highest BCUT2D eigenvalue weighted by molar-refractivity contribution is 7.16. The van der Waals surface area contributed by atoms with Gasteiger partial charge in [0, 0.05) is 49.3 Å².